The van der Waals surface area contributed by atoms with Crippen molar-refractivity contribution in [1.82, 2.24) is 0 Å². The van der Waals surface area contributed by atoms with Crippen LogP contribution in [0.25, 0.3) is 0 Å². The molecule has 28 valence electrons. The van der Waals surface area contributed by atoms with Crippen molar-refractivity contribution in [2.75, 3.05) is 0 Å². The summed E-state index contributed by atoms with van der Waals surface area (Å²) in [5.74, 6) is 0. The minimum atomic E-state index is 0. The van der Waals surface area contributed by atoms with E-state index in [1.807, 2.05) is 0 Å². The van der Waals surface area contributed by atoms with E-state index < -0.39 is 0 Å². The molecular formula is C5H6Mg. The van der Waals surface area contributed by atoms with Crippen molar-refractivity contribution < 1.29 is 0 Å². The molecule has 0 aliphatic heterocycles. The van der Waals surface area contributed by atoms with Crippen LogP contribution >= 0.6 is 0 Å². The van der Waals surface area contributed by atoms with Crippen LogP contribution in [0.2, 0.25) is 0 Å². The van der Waals surface area contributed by atoms with Gasteiger partial charge in [0.15, 0.2) is 0 Å². The van der Waals surface area contributed by atoms with Crippen LogP contribution < -0.4 is 0 Å². The molecule has 0 bridgehead atoms. The largest absolute Gasteiger partial charge is 0.0808 e. The summed E-state index contributed by atoms with van der Waals surface area (Å²) >= 11 is 0. The lowest BCUT2D eigenvalue weighted by Crippen LogP contribution is -1.37. The van der Waals surface area contributed by atoms with Crippen molar-refractivity contribution >= 4 is 23.1 Å². The third-order valence-corrected chi connectivity index (χ3v) is 0.655. The second kappa shape index (κ2) is 3.44. The SMILES string of the molecule is C1=CCC=C1.[Mg]. The van der Waals surface area contributed by atoms with E-state index in [-0.39, 0.29) is 23.1 Å². The maximum Gasteiger partial charge on any atom is 0 e. The molecule has 0 aromatic heterocycles. The Kier molecular flexibility index (Phi) is 3.58. The van der Waals surface area contributed by atoms with Crippen LogP contribution in [0.5, 0.6) is 0 Å². The topological polar surface area (TPSA) is 0 Å². The molecule has 0 unspecified atom stereocenters. The molecule has 0 N–H and O–H groups in total. The average Bonchev–Trinajstić information content (AvgIpc) is 1.76. The molecule has 0 fully saturated rings. The van der Waals surface area contributed by atoms with E-state index in [1.165, 1.54) is 0 Å². The van der Waals surface area contributed by atoms with Crippen LogP contribution in [-0.2, 0) is 0 Å². The molecule has 1 rings (SSSR count). The summed E-state index contributed by atoms with van der Waals surface area (Å²) < 4.78 is 0. The molecule has 2 radical (unpaired) electrons. The van der Waals surface area contributed by atoms with E-state index in [9.17, 15) is 0 Å². The molecule has 1 heteroatoms. The summed E-state index contributed by atoms with van der Waals surface area (Å²) in [6, 6.07) is 0. The van der Waals surface area contributed by atoms with E-state index in [4.69, 9.17) is 0 Å². The quantitative estimate of drug-likeness (QED) is 0.391. The van der Waals surface area contributed by atoms with E-state index >= 15 is 0 Å². The average molecular weight is 90.4 g/mol. The van der Waals surface area contributed by atoms with Crippen LogP contribution in [0, 0.1) is 0 Å². The van der Waals surface area contributed by atoms with Gasteiger partial charge in [-0.2, -0.15) is 0 Å². The fourth-order valence-electron chi connectivity index (χ4n) is 0.393. The zero-order chi connectivity index (χ0) is 3.54. The predicted molar refractivity (Wildman–Crippen MR) is 28.7 cm³/mol. The van der Waals surface area contributed by atoms with Gasteiger partial charge >= 0.3 is 0 Å². The summed E-state index contributed by atoms with van der Waals surface area (Å²) in [5, 5.41) is 0. The molecule has 0 saturated carbocycles. The maximum absolute atomic E-state index is 2.12. The molecule has 1 aliphatic rings. The smallest absolute Gasteiger partial charge is 0 e. The zero-order valence-corrected chi connectivity index (χ0v) is 5.14. The molecule has 6 heavy (non-hydrogen) atoms. The van der Waals surface area contributed by atoms with Crippen LogP contribution in [0.3, 0.4) is 0 Å². The molecule has 1 aliphatic carbocycles. The molecule has 0 aromatic rings. The predicted octanol–water partition coefficient (Wildman–Crippen LogP) is 1.12. The highest BCUT2D eigenvalue weighted by Crippen LogP contribution is 1.93. The lowest BCUT2D eigenvalue weighted by Gasteiger charge is -1.57. The maximum atomic E-state index is 2.12. The number of hydrogen-bond donors (Lipinski definition) is 0. The molecular weight excluding hydrogens is 84.4 g/mol. The summed E-state index contributed by atoms with van der Waals surface area (Å²) in [7, 11) is 0. The van der Waals surface area contributed by atoms with Crippen molar-refractivity contribution in [1.29, 1.82) is 0 Å². The van der Waals surface area contributed by atoms with Crippen LogP contribution in [0.4, 0.5) is 0 Å². The van der Waals surface area contributed by atoms with Gasteiger partial charge in [0.25, 0.3) is 0 Å². The fraction of sp³-hybridized carbons (Fsp3) is 0.200. The highest BCUT2D eigenvalue weighted by molar-refractivity contribution is 5.75. The van der Waals surface area contributed by atoms with Crippen LogP contribution in [0.15, 0.2) is 24.3 Å². The standard InChI is InChI=1S/C5H6.Mg/c1-2-4-5-3-1;/h1-4H,5H2;. The van der Waals surface area contributed by atoms with Gasteiger partial charge in [-0.25, -0.2) is 0 Å². The van der Waals surface area contributed by atoms with Gasteiger partial charge in [-0.3, -0.25) is 0 Å². The second-order valence-electron chi connectivity index (χ2n) is 1.09. The minimum Gasteiger partial charge on any atom is -0.0808 e. The van der Waals surface area contributed by atoms with E-state index in [1.54, 1.807) is 0 Å². The van der Waals surface area contributed by atoms with Crippen LogP contribution in [-0.4, -0.2) is 23.1 Å². The number of rotatable bonds is 0. The van der Waals surface area contributed by atoms with E-state index in [0.29, 0.717) is 0 Å². The first-order valence-electron chi connectivity index (χ1n) is 1.82. The summed E-state index contributed by atoms with van der Waals surface area (Å²) in [5.41, 5.74) is 0. The van der Waals surface area contributed by atoms with Gasteiger partial charge in [0.2, 0.25) is 0 Å². The molecule has 0 saturated heterocycles. The van der Waals surface area contributed by atoms with Gasteiger partial charge in [0, 0.05) is 23.1 Å². The van der Waals surface area contributed by atoms with Crippen LogP contribution in [0.1, 0.15) is 6.42 Å². The Bertz CT molecular complexity index is 62.0. The number of allylic oxidation sites excluding steroid dienone is 4. The summed E-state index contributed by atoms with van der Waals surface area (Å²) in [4.78, 5) is 0. The lowest BCUT2D eigenvalue weighted by atomic mass is 10.5. The highest BCUT2D eigenvalue weighted by Gasteiger charge is 1.72. The highest BCUT2D eigenvalue weighted by atomic mass is 24.3. The summed E-state index contributed by atoms with van der Waals surface area (Å²) in [6.07, 6.45) is 9.50. The fourth-order valence-corrected chi connectivity index (χ4v) is 0.393. The Hall–Kier alpha value is 0.246. The van der Waals surface area contributed by atoms with Gasteiger partial charge in [-0.15, -0.1) is 0 Å². The Morgan fingerprint density at radius 3 is 1.67 bits per heavy atom. The first kappa shape index (κ1) is 6.25. The van der Waals surface area contributed by atoms with Gasteiger partial charge < -0.3 is 0 Å². The normalized spacial score (nSPS) is 14.7. The zero-order valence-electron chi connectivity index (χ0n) is 3.72. The number of hydrogen-bond acceptors (Lipinski definition) is 0. The van der Waals surface area contributed by atoms with Gasteiger partial charge in [0.1, 0.15) is 0 Å². The third-order valence-electron chi connectivity index (χ3n) is 0.655. The first-order valence-corrected chi connectivity index (χ1v) is 1.82. The van der Waals surface area contributed by atoms with Crippen molar-refractivity contribution in [2.24, 2.45) is 0 Å². The molecule has 0 aromatic carbocycles. The Labute approximate surface area is 54.1 Å². The van der Waals surface area contributed by atoms with Crippen molar-refractivity contribution in [3.63, 3.8) is 0 Å². The Balaban J connectivity index is 0.000000250. The second-order valence-corrected chi connectivity index (χ2v) is 1.09. The molecule has 0 amide bonds. The molecule has 0 atom stereocenters. The third kappa shape index (κ3) is 1.63. The monoisotopic (exact) mass is 90.0 g/mol. The van der Waals surface area contributed by atoms with Crippen molar-refractivity contribution in [3.8, 4) is 0 Å². The van der Waals surface area contributed by atoms with E-state index in [2.05, 4.69) is 24.3 Å². The molecule has 0 spiro atoms. The van der Waals surface area contributed by atoms with Gasteiger partial charge in [-0.1, -0.05) is 24.3 Å². The van der Waals surface area contributed by atoms with Crippen molar-refractivity contribution in [3.05, 3.63) is 24.3 Å². The Morgan fingerprint density at radius 2 is 1.50 bits per heavy atom. The Morgan fingerprint density at radius 1 is 1.00 bits per heavy atom. The lowest BCUT2D eigenvalue weighted by molar-refractivity contribution is 1.45. The van der Waals surface area contributed by atoms with Gasteiger partial charge in [-0.05, 0) is 6.42 Å². The van der Waals surface area contributed by atoms with Crippen molar-refractivity contribution in [2.45, 2.75) is 6.42 Å². The first-order chi connectivity index (χ1) is 2.50. The summed E-state index contributed by atoms with van der Waals surface area (Å²) in [6.45, 7) is 0. The van der Waals surface area contributed by atoms with Gasteiger partial charge in [0.05, 0.1) is 0 Å². The molecule has 0 heterocycles. The van der Waals surface area contributed by atoms with E-state index in [0.717, 1.165) is 6.42 Å². The minimum absolute atomic E-state index is 0. The molecule has 0 nitrogen and oxygen atoms in total.